The monoisotopic (exact) mass is 363 g/mol. The fraction of sp³-hybridized carbons (Fsp3) is 0.533. The quantitative estimate of drug-likeness (QED) is 0.744. The zero-order valence-electron chi connectivity index (χ0n) is 14.3. The maximum atomic E-state index is 13.9. The number of benzene rings is 1. The van der Waals surface area contributed by atoms with E-state index in [1.165, 1.54) is 0 Å². The molecule has 0 aliphatic rings. The zero-order chi connectivity index (χ0) is 18.9. The van der Waals surface area contributed by atoms with Gasteiger partial charge < -0.3 is 11.1 Å². The summed E-state index contributed by atoms with van der Waals surface area (Å²) in [5.41, 5.74) is 4.35. The smallest absolute Gasteiger partial charge is 0.244 e. The molecule has 0 saturated heterocycles. The average Bonchev–Trinajstić information content (AvgIpc) is 2.37. The molecule has 0 radical (unpaired) electrons. The van der Waals surface area contributed by atoms with Crippen LogP contribution < -0.4 is 15.8 Å². The van der Waals surface area contributed by atoms with Crippen LogP contribution in [0.2, 0.25) is 0 Å². The second-order valence-electron chi connectivity index (χ2n) is 6.88. The van der Waals surface area contributed by atoms with E-state index in [1.54, 1.807) is 34.6 Å². The Bertz CT molecular complexity index is 728. The van der Waals surface area contributed by atoms with Gasteiger partial charge in [-0.05, 0) is 32.8 Å². The molecule has 1 atom stereocenters. The van der Waals surface area contributed by atoms with Gasteiger partial charge in [0.05, 0.1) is 11.7 Å². The molecule has 0 heterocycles. The Balaban J connectivity index is 3.26. The highest BCUT2D eigenvalue weighted by Gasteiger charge is 2.27. The molecule has 1 aromatic carbocycles. The maximum Gasteiger partial charge on any atom is 0.244 e. The predicted octanol–water partition coefficient (Wildman–Crippen LogP) is 1.96. The summed E-state index contributed by atoms with van der Waals surface area (Å²) in [7, 11) is -4.23. The van der Waals surface area contributed by atoms with Gasteiger partial charge in [-0.25, -0.2) is 21.9 Å². The molecule has 24 heavy (non-hydrogen) atoms. The first kappa shape index (κ1) is 20.5. The molecular formula is C15H23F2N3O3S. The average molecular weight is 363 g/mol. The molecule has 0 saturated carbocycles. The van der Waals surface area contributed by atoms with E-state index in [-0.39, 0.29) is 5.92 Å². The second kappa shape index (κ2) is 7.12. The molecule has 1 amide bonds. The standard InChI is InChI=1S/C15H23F2N3O3S/c1-8(2)13(18)14(21)19-11-7-12(10(17)6-9(11)16)24(22,23)20-15(3,4)5/h6-8,13,20H,18H2,1-5H3,(H,19,21)/t13-/m0/s1. The summed E-state index contributed by atoms with van der Waals surface area (Å²) in [4.78, 5) is 11.2. The fourth-order valence-corrected chi connectivity index (χ4v) is 3.31. The molecule has 0 spiro atoms. The molecule has 1 aromatic rings. The molecule has 4 N–H and O–H groups in total. The van der Waals surface area contributed by atoms with Crippen molar-refractivity contribution in [2.75, 3.05) is 5.32 Å². The van der Waals surface area contributed by atoms with Crippen LogP contribution in [-0.4, -0.2) is 25.9 Å². The summed E-state index contributed by atoms with van der Waals surface area (Å²) >= 11 is 0. The summed E-state index contributed by atoms with van der Waals surface area (Å²) < 4.78 is 54.6. The van der Waals surface area contributed by atoms with Crippen LogP contribution in [0.4, 0.5) is 14.5 Å². The van der Waals surface area contributed by atoms with Crippen LogP contribution >= 0.6 is 0 Å². The van der Waals surface area contributed by atoms with Crippen molar-refractivity contribution in [3.05, 3.63) is 23.8 Å². The van der Waals surface area contributed by atoms with E-state index in [1.807, 2.05) is 0 Å². The van der Waals surface area contributed by atoms with E-state index >= 15 is 0 Å². The third-order valence-electron chi connectivity index (χ3n) is 3.03. The minimum atomic E-state index is -4.23. The third kappa shape index (κ3) is 5.22. The molecule has 0 unspecified atom stereocenters. The number of anilines is 1. The molecule has 0 aromatic heterocycles. The Kier molecular flexibility index (Phi) is 6.07. The molecule has 136 valence electrons. The summed E-state index contributed by atoms with van der Waals surface area (Å²) in [6.45, 7) is 8.14. The Morgan fingerprint density at radius 1 is 1.17 bits per heavy atom. The molecule has 0 aliphatic carbocycles. The number of carbonyl (C=O) groups is 1. The fourth-order valence-electron chi connectivity index (χ4n) is 1.81. The predicted molar refractivity (Wildman–Crippen MR) is 87.9 cm³/mol. The number of carbonyl (C=O) groups excluding carboxylic acids is 1. The van der Waals surface area contributed by atoms with Gasteiger partial charge in [0.25, 0.3) is 0 Å². The lowest BCUT2D eigenvalue weighted by atomic mass is 10.0. The molecule has 6 nitrogen and oxygen atoms in total. The van der Waals surface area contributed by atoms with Crippen LogP contribution in [0.15, 0.2) is 17.0 Å². The lowest BCUT2D eigenvalue weighted by Crippen LogP contribution is -2.41. The normalized spacial score (nSPS) is 13.9. The van der Waals surface area contributed by atoms with E-state index < -0.39 is 49.7 Å². The number of rotatable bonds is 5. The van der Waals surface area contributed by atoms with Crippen molar-refractivity contribution in [1.82, 2.24) is 4.72 Å². The minimum absolute atomic E-state index is 0.209. The minimum Gasteiger partial charge on any atom is -0.322 e. The van der Waals surface area contributed by atoms with Crippen LogP contribution in [0.3, 0.4) is 0 Å². The third-order valence-corrected chi connectivity index (χ3v) is 4.80. The lowest BCUT2D eigenvalue weighted by Gasteiger charge is -2.21. The molecule has 0 aliphatic heterocycles. The number of nitrogens with one attached hydrogen (secondary N) is 2. The number of amides is 1. The lowest BCUT2D eigenvalue weighted by molar-refractivity contribution is -0.118. The molecule has 1 rings (SSSR count). The molecule has 0 bridgehead atoms. The van der Waals surface area contributed by atoms with Crippen molar-refractivity contribution in [2.24, 2.45) is 11.7 Å². The van der Waals surface area contributed by atoms with Crippen LogP contribution in [0.5, 0.6) is 0 Å². The van der Waals surface area contributed by atoms with Gasteiger partial charge in [0.2, 0.25) is 15.9 Å². The Hall–Kier alpha value is -1.58. The van der Waals surface area contributed by atoms with Crippen LogP contribution in [-0.2, 0) is 14.8 Å². The first-order chi connectivity index (χ1) is 10.7. The second-order valence-corrected chi connectivity index (χ2v) is 8.53. The highest BCUT2D eigenvalue weighted by Crippen LogP contribution is 2.24. The van der Waals surface area contributed by atoms with E-state index in [0.29, 0.717) is 6.07 Å². The van der Waals surface area contributed by atoms with Gasteiger partial charge >= 0.3 is 0 Å². The largest absolute Gasteiger partial charge is 0.322 e. The van der Waals surface area contributed by atoms with Crippen molar-refractivity contribution in [2.45, 2.75) is 51.1 Å². The van der Waals surface area contributed by atoms with Crippen molar-refractivity contribution in [1.29, 1.82) is 0 Å². The Morgan fingerprint density at radius 3 is 2.17 bits per heavy atom. The Labute approximate surface area is 140 Å². The highest BCUT2D eigenvalue weighted by atomic mass is 32.2. The summed E-state index contributed by atoms with van der Waals surface area (Å²) in [5, 5.41) is 2.20. The maximum absolute atomic E-state index is 13.9. The van der Waals surface area contributed by atoms with Gasteiger partial charge in [0, 0.05) is 11.6 Å². The van der Waals surface area contributed by atoms with E-state index in [9.17, 15) is 22.0 Å². The van der Waals surface area contributed by atoms with Gasteiger partial charge in [-0.15, -0.1) is 0 Å². The summed E-state index contributed by atoms with van der Waals surface area (Å²) in [5.74, 6) is -3.25. The first-order valence-electron chi connectivity index (χ1n) is 7.34. The van der Waals surface area contributed by atoms with E-state index in [2.05, 4.69) is 10.0 Å². The number of nitrogens with two attached hydrogens (primary N) is 1. The summed E-state index contributed by atoms with van der Waals surface area (Å²) in [6, 6.07) is 0.236. The Morgan fingerprint density at radius 2 is 1.71 bits per heavy atom. The van der Waals surface area contributed by atoms with Crippen molar-refractivity contribution in [3.63, 3.8) is 0 Å². The number of halogens is 2. The number of sulfonamides is 1. The van der Waals surface area contributed by atoms with Crippen molar-refractivity contribution in [3.8, 4) is 0 Å². The highest BCUT2D eigenvalue weighted by molar-refractivity contribution is 7.89. The molecule has 9 heteroatoms. The van der Waals surface area contributed by atoms with Gasteiger partial charge in [-0.1, -0.05) is 13.8 Å². The topological polar surface area (TPSA) is 101 Å². The number of hydrogen-bond acceptors (Lipinski definition) is 4. The first-order valence-corrected chi connectivity index (χ1v) is 8.82. The summed E-state index contributed by atoms with van der Waals surface area (Å²) in [6.07, 6.45) is 0. The molecule has 0 fully saturated rings. The SMILES string of the molecule is CC(C)[C@H](N)C(=O)Nc1cc(S(=O)(=O)NC(C)(C)C)c(F)cc1F. The van der Waals surface area contributed by atoms with Crippen molar-refractivity contribution < 1.29 is 22.0 Å². The van der Waals surface area contributed by atoms with E-state index in [4.69, 9.17) is 5.73 Å². The van der Waals surface area contributed by atoms with Gasteiger partial charge in [0.1, 0.15) is 16.5 Å². The molecular weight excluding hydrogens is 340 g/mol. The van der Waals surface area contributed by atoms with Gasteiger partial charge in [-0.3, -0.25) is 4.79 Å². The van der Waals surface area contributed by atoms with Crippen LogP contribution in [0, 0.1) is 17.6 Å². The van der Waals surface area contributed by atoms with Crippen LogP contribution in [0.1, 0.15) is 34.6 Å². The zero-order valence-corrected chi connectivity index (χ0v) is 15.1. The van der Waals surface area contributed by atoms with Crippen molar-refractivity contribution >= 4 is 21.6 Å². The van der Waals surface area contributed by atoms with Gasteiger partial charge in [-0.2, -0.15) is 0 Å². The van der Waals surface area contributed by atoms with E-state index in [0.717, 1.165) is 6.07 Å². The van der Waals surface area contributed by atoms with Gasteiger partial charge in [0.15, 0.2) is 0 Å². The van der Waals surface area contributed by atoms with Crippen LogP contribution in [0.25, 0.3) is 0 Å². The number of hydrogen-bond donors (Lipinski definition) is 3.